The number of halogens is 1. The van der Waals surface area contributed by atoms with Crippen LogP contribution in [0.25, 0.3) is 11.0 Å². The first kappa shape index (κ1) is 11.8. The van der Waals surface area contributed by atoms with Gasteiger partial charge in [0.05, 0.1) is 16.1 Å². The number of hydrogen-bond acceptors (Lipinski definition) is 5. The van der Waals surface area contributed by atoms with Gasteiger partial charge in [-0.2, -0.15) is 0 Å². The largest absolute Gasteiger partial charge is 0.459 e. The molecule has 0 aliphatic rings. The molecule has 0 aliphatic carbocycles. The molecule has 1 heterocycles. The first-order valence-corrected chi connectivity index (χ1v) is 5.69. The molecule has 6 nitrogen and oxygen atoms in total. The Hall–Kier alpha value is -1.63. The highest BCUT2D eigenvalue weighted by molar-refractivity contribution is 9.10. The summed E-state index contributed by atoms with van der Waals surface area (Å²) in [7, 11) is 0. The van der Waals surface area contributed by atoms with E-state index in [9.17, 15) is 10.0 Å². The average Bonchev–Trinajstić information content (AvgIpc) is 2.61. The maximum atomic E-state index is 11.7. The zero-order valence-corrected chi connectivity index (χ0v) is 10.7. The zero-order chi connectivity index (χ0) is 12.6. The maximum Gasteiger partial charge on any atom is 0.339 e. The van der Waals surface area contributed by atoms with Gasteiger partial charge in [-0.1, -0.05) is 0 Å². The van der Waals surface area contributed by atoms with Gasteiger partial charge >= 0.3 is 5.97 Å². The van der Waals surface area contributed by atoms with Crippen LogP contribution in [-0.2, 0) is 4.74 Å². The topological polar surface area (TPSA) is 79.3 Å². The summed E-state index contributed by atoms with van der Waals surface area (Å²) in [6, 6.07) is 2.95. The molecule has 0 amide bonds. The number of esters is 1. The van der Waals surface area contributed by atoms with E-state index in [0.717, 1.165) is 0 Å². The minimum Gasteiger partial charge on any atom is -0.459 e. The average molecular weight is 301 g/mol. The Morgan fingerprint density at radius 2 is 2.29 bits per heavy atom. The van der Waals surface area contributed by atoms with E-state index in [4.69, 9.17) is 4.74 Å². The molecule has 0 atom stereocenters. The molecule has 0 aliphatic heterocycles. The van der Waals surface area contributed by atoms with Crippen LogP contribution < -0.4 is 4.90 Å². The molecule has 2 rings (SSSR count). The number of carbonyl (C=O) groups excluding carboxylic acids is 1. The van der Waals surface area contributed by atoms with E-state index in [1.54, 1.807) is 13.8 Å². The van der Waals surface area contributed by atoms with Gasteiger partial charge in [-0.3, -0.25) is 4.63 Å². The number of carbonyl (C=O) groups is 1. The smallest absolute Gasteiger partial charge is 0.339 e. The van der Waals surface area contributed by atoms with Crippen molar-refractivity contribution in [2.45, 2.75) is 20.0 Å². The summed E-state index contributed by atoms with van der Waals surface area (Å²) in [6.45, 7) is 3.51. The molecule has 0 spiro atoms. The Kier molecular flexibility index (Phi) is 3.01. The zero-order valence-electron chi connectivity index (χ0n) is 9.14. The van der Waals surface area contributed by atoms with Crippen LogP contribution in [0.1, 0.15) is 24.2 Å². The van der Waals surface area contributed by atoms with Gasteiger partial charge in [-0.05, 0) is 46.8 Å². The van der Waals surface area contributed by atoms with Crippen molar-refractivity contribution >= 4 is 32.9 Å². The third-order valence-corrected chi connectivity index (χ3v) is 2.86. The summed E-state index contributed by atoms with van der Waals surface area (Å²) in [5.74, 6) is -0.478. The number of ether oxygens (including phenoxy) is 1. The van der Waals surface area contributed by atoms with E-state index < -0.39 is 5.97 Å². The van der Waals surface area contributed by atoms with Crippen LogP contribution in [0.3, 0.4) is 0 Å². The van der Waals surface area contributed by atoms with Crippen molar-refractivity contribution in [2.75, 3.05) is 0 Å². The van der Waals surface area contributed by atoms with Gasteiger partial charge in [0.25, 0.3) is 5.52 Å². The predicted octanol–water partition coefficient (Wildman–Crippen LogP) is 1.79. The highest BCUT2D eigenvalue weighted by atomic mass is 79.9. The van der Waals surface area contributed by atoms with Gasteiger partial charge in [0.1, 0.15) is 0 Å². The minimum atomic E-state index is -0.478. The van der Waals surface area contributed by atoms with Crippen molar-refractivity contribution in [3.8, 4) is 0 Å². The standard InChI is InChI=1S/C10H9BrN2O4/c1-5(2)16-10(14)6-3-4-7-9(8(6)11)12-17-13(7)15/h3-5H,1-2H3. The molecular weight excluding hydrogens is 292 g/mol. The lowest BCUT2D eigenvalue weighted by atomic mass is 10.2. The SMILES string of the molecule is CC(C)OC(=O)c1ccc2c(no[n+]2[O-])c1Br. The van der Waals surface area contributed by atoms with Crippen LogP contribution in [0.2, 0.25) is 0 Å². The second-order valence-electron chi connectivity index (χ2n) is 3.68. The Morgan fingerprint density at radius 1 is 1.59 bits per heavy atom. The molecule has 2 aromatic rings. The summed E-state index contributed by atoms with van der Waals surface area (Å²) in [5.41, 5.74) is 0.844. The van der Waals surface area contributed by atoms with Crippen LogP contribution in [0, 0.1) is 5.21 Å². The fourth-order valence-corrected chi connectivity index (χ4v) is 1.92. The number of hydrogen-bond donors (Lipinski definition) is 0. The van der Waals surface area contributed by atoms with Crippen molar-refractivity contribution in [1.82, 2.24) is 5.16 Å². The van der Waals surface area contributed by atoms with Crippen LogP contribution in [0.4, 0.5) is 0 Å². The predicted molar refractivity (Wildman–Crippen MR) is 61.2 cm³/mol. The summed E-state index contributed by atoms with van der Waals surface area (Å²) < 4.78 is 9.89. The Morgan fingerprint density at radius 3 is 2.94 bits per heavy atom. The van der Waals surface area contributed by atoms with E-state index in [1.807, 2.05) is 0 Å². The fraction of sp³-hybridized carbons (Fsp3) is 0.300. The first-order chi connectivity index (χ1) is 8.00. The first-order valence-electron chi connectivity index (χ1n) is 4.89. The van der Waals surface area contributed by atoms with Gasteiger partial charge in [0, 0.05) is 5.16 Å². The molecule has 0 unspecified atom stereocenters. The van der Waals surface area contributed by atoms with E-state index in [-0.39, 0.29) is 16.5 Å². The summed E-state index contributed by atoms with van der Waals surface area (Å²) in [5, 5.41) is 14.7. The lowest BCUT2D eigenvalue weighted by Crippen LogP contribution is -2.22. The molecular formula is C10H9BrN2O4. The molecule has 0 saturated heterocycles. The van der Waals surface area contributed by atoms with Crippen LogP contribution in [-0.4, -0.2) is 17.2 Å². The number of fused-ring (bicyclic) bond motifs is 1. The van der Waals surface area contributed by atoms with E-state index >= 15 is 0 Å². The molecule has 1 aromatic heterocycles. The summed E-state index contributed by atoms with van der Waals surface area (Å²) in [6.07, 6.45) is -0.216. The molecule has 7 heteroatoms. The van der Waals surface area contributed by atoms with Crippen molar-refractivity contribution in [3.05, 3.63) is 27.4 Å². The van der Waals surface area contributed by atoms with Gasteiger partial charge in [0.2, 0.25) is 5.52 Å². The minimum absolute atomic E-state index is 0.216. The highest BCUT2D eigenvalue weighted by Crippen LogP contribution is 2.25. The van der Waals surface area contributed by atoms with Gasteiger partial charge < -0.3 is 9.94 Å². The maximum absolute atomic E-state index is 11.7. The monoisotopic (exact) mass is 300 g/mol. The Labute approximate surface area is 105 Å². The highest BCUT2D eigenvalue weighted by Gasteiger charge is 2.21. The lowest BCUT2D eigenvalue weighted by molar-refractivity contribution is -0.782. The van der Waals surface area contributed by atoms with Crippen LogP contribution >= 0.6 is 15.9 Å². The van der Waals surface area contributed by atoms with Gasteiger partial charge in [0.15, 0.2) is 0 Å². The van der Waals surface area contributed by atoms with Crippen molar-refractivity contribution in [2.24, 2.45) is 0 Å². The van der Waals surface area contributed by atoms with E-state index in [2.05, 4.69) is 25.7 Å². The second kappa shape index (κ2) is 4.33. The van der Waals surface area contributed by atoms with E-state index in [1.165, 1.54) is 12.1 Å². The number of aromatic nitrogens is 2. The van der Waals surface area contributed by atoms with Crippen molar-refractivity contribution in [3.63, 3.8) is 0 Å². The lowest BCUT2D eigenvalue weighted by Gasteiger charge is -2.08. The Balaban J connectivity index is 2.49. The summed E-state index contributed by atoms with van der Waals surface area (Å²) >= 11 is 3.21. The molecule has 90 valence electrons. The van der Waals surface area contributed by atoms with Crippen LogP contribution in [0.5, 0.6) is 0 Å². The molecule has 0 bridgehead atoms. The molecule has 0 fully saturated rings. The molecule has 0 radical (unpaired) electrons. The summed E-state index contributed by atoms with van der Waals surface area (Å²) in [4.78, 5) is 12.0. The molecule has 1 aromatic carbocycles. The molecule has 17 heavy (non-hydrogen) atoms. The van der Waals surface area contributed by atoms with Crippen molar-refractivity contribution in [1.29, 1.82) is 0 Å². The quantitative estimate of drug-likeness (QED) is 0.624. The Bertz CT molecular complexity index is 579. The normalized spacial score (nSPS) is 11.1. The third-order valence-electron chi connectivity index (χ3n) is 2.06. The second-order valence-corrected chi connectivity index (χ2v) is 4.47. The number of benzene rings is 1. The third kappa shape index (κ3) is 2.10. The fourth-order valence-electron chi connectivity index (χ4n) is 1.35. The van der Waals surface area contributed by atoms with Gasteiger partial charge in [-0.15, -0.1) is 0 Å². The van der Waals surface area contributed by atoms with Gasteiger partial charge in [-0.25, -0.2) is 4.79 Å². The number of nitrogens with zero attached hydrogens (tertiary/aromatic N) is 2. The van der Waals surface area contributed by atoms with E-state index in [0.29, 0.717) is 15.6 Å². The van der Waals surface area contributed by atoms with Crippen molar-refractivity contribution < 1.29 is 19.1 Å². The number of rotatable bonds is 2. The molecule has 0 saturated carbocycles. The van der Waals surface area contributed by atoms with Crippen LogP contribution in [0.15, 0.2) is 21.2 Å². The molecule has 0 N–H and O–H groups in total.